The number of amides is 1. The molecule has 1 aliphatic rings. The molecule has 0 saturated heterocycles. The van der Waals surface area contributed by atoms with Crippen molar-refractivity contribution in [1.82, 2.24) is 5.32 Å². The third-order valence-electron chi connectivity index (χ3n) is 3.68. The first-order valence-electron chi connectivity index (χ1n) is 9.68. The minimum Gasteiger partial charge on any atom is -0.352 e. The van der Waals surface area contributed by atoms with E-state index in [1.54, 1.807) is 17.8 Å². The molecule has 0 aliphatic heterocycles. The predicted molar refractivity (Wildman–Crippen MR) is 128 cm³/mol. The fourth-order valence-electron chi connectivity index (χ4n) is 1.96. The van der Waals surface area contributed by atoms with Crippen LogP contribution < -0.4 is 5.32 Å². The summed E-state index contributed by atoms with van der Waals surface area (Å²) in [6.45, 7) is 16.6. The van der Waals surface area contributed by atoms with E-state index in [1.807, 2.05) is 32.9 Å². The summed E-state index contributed by atoms with van der Waals surface area (Å²) in [5.74, 6) is 0.00158. The zero-order valence-corrected chi connectivity index (χ0v) is 19.1. The van der Waals surface area contributed by atoms with Gasteiger partial charge in [0.1, 0.15) is 0 Å². The average molecular weight is 392 g/mol. The van der Waals surface area contributed by atoms with E-state index in [2.05, 4.69) is 75.4 Å². The number of carbonyl (C=O) groups is 1. The zero-order chi connectivity index (χ0) is 21.1. The van der Waals surface area contributed by atoms with E-state index in [0.717, 1.165) is 6.42 Å². The third kappa shape index (κ3) is 16.2. The van der Waals surface area contributed by atoms with E-state index in [4.69, 9.17) is 0 Å². The molecule has 2 atom stereocenters. The summed E-state index contributed by atoms with van der Waals surface area (Å²) in [7, 11) is 0. The topological polar surface area (TPSA) is 29.1 Å². The molecule has 0 radical (unpaired) electrons. The van der Waals surface area contributed by atoms with E-state index in [9.17, 15) is 4.79 Å². The molecule has 1 amide bonds. The first kappa shape index (κ1) is 27.5. The molecule has 0 aromatic heterocycles. The Labute approximate surface area is 173 Å². The minimum absolute atomic E-state index is 0. The van der Waals surface area contributed by atoms with Crippen LogP contribution in [0.4, 0.5) is 0 Å². The van der Waals surface area contributed by atoms with Gasteiger partial charge in [-0.3, -0.25) is 4.79 Å². The normalized spacial score (nSPS) is 21.1. The Morgan fingerprint density at radius 3 is 2.15 bits per heavy atom. The van der Waals surface area contributed by atoms with E-state index in [1.165, 1.54) is 11.1 Å². The highest BCUT2D eigenvalue weighted by molar-refractivity contribution is 7.99. The standard InChI is InChI=1S/C12H21NOS.C10H12.C2H6.H2/c1-5-7-8-13-12(14)11(6-2)9-10(3)15-4;1-9-5-3-4-6-10(2)8-7-9;1-2;/h5-7,10-11H,2,8-9H2,1,3-4H3,(H,13,14);3-8H,1-2H3;1-2H3;1H/b7-5+;4-3?,5-3-,6-4-,8-7?,9-5?,9-7-,10-6?,10-8-;;. The van der Waals surface area contributed by atoms with Gasteiger partial charge in [-0.2, -0.15) is 11.8 Å². The highest BCUT2D eigenvalue weighted by Gasteiger charge is 2.16. The van der Waals surface area contributed by atoms with Crippen LogP contribution in [0, 0.1) is 5.92 Å². The van der Waals surface area contributed by atoms with Gasteiger partial charge in [0.05, 0.1) is 5.92 Å². The van der Waals surface area contributed by atoms with Crippen molar-refractivity contribution in [1.29, 1.82) is 0 Å². The molecule has 0 bridgehead atoms. The lowest BCUT2D eigenvalue weighted by atomic mass is 10.0. The SMILES string of the molecule is C=CC(CC(C)SC)C(=O)NC/C=C/C.CC.CC1=C/C=C(C)\C=C/C=C\1.[HH]. The smallest absolute Gasteiger partial charge is 0.227 e. The number of thioether (sulfide) groups is 1. The summed E-state index contributed by atoms with van der Waals surface area (Å²) in [4.78, 5) is 11.7. The number of hydrogen-bond acceptors (Lipinski definition) is 2. The van der Waals surface area contributed by atoms with E-state index >= 15 is 0 Å². The van der Waals surface area contributed by atoms with E-state index in [-0.39, 0.29) is 13.3 Å². The maximum Gasteiger partial charge on any atom is 0.227 e. The fourth-order valence-corrected chi connectivity index (χ4v) is 2.36. The Morgan fingerprint density at radius 1 is 1.22 bits per heavy atom. The van der Waals surface area contributed by atoms with Crippen molar-refractivity contribution < 1.29 is 6.22 Å². The first-order chi connectivity index (χ1) is 12.9. The maximum absolute atomic E-state index is 11.7. The lowest BCUT2D eigenvalue weighted by Crippen LogP contribution is -2.31. The van der Waals surface area contributed by atoms with Crippen LogP contribution in [0.5, 0.6) is 0 Å². The van der Waals surface area contributed by atoms with Gasteiger partial charge < -0.3 is 5.32 Å². The number of rotatable bonds is 7. The van der Waals surface area contributed by atoms with Gasteiger partial charge in [-0.05, 0) is 33.4 Å². The van der Waals surface area contributed by atoms with Crippen LogP contribution in [0.15, 0.2) is 72.4 Å². The molecule has 3 heteroatoms. The molecule has 154 valence electrons. The third-order valence-corrected chi connectivity index (χ3v) is 4.68. The Hall–Kier alpha value is -1.74. The van der Waals surface area contributed by atoms with E-state index < -0.39 is 0 Å². The largest absolute Gasteiger partial charge is 0.352 e. The van der Waals surface area contributed by atoms with Gasteiger partial charge >= 0.3 is 0 Å². The molecule has 0 spiro atoms. The molecule has 0 aromatic rings. The van der Waals surface area contributed by atoms with E-state index in [0.29, 0.717) is 11.8 Å². The average Bonchev–Trinajstić information content (AvgIpc) is 2.68. The van der Waals surface area contributed by atoms with Crippen LogP contribution in [-0.4, -0.2) is 24.0 Å². The van der Waals surface area contributed by atoms with Crippen LogP contribution in [0.2, 0.25) is 0 Å². The number of carbonyl (C=O) groups excluding carboxylic acids is 1. The van der Waals surface area contributed by atoms with Crippen LogP contribution in [0.1, 0.15) is 49.4 Å². The molecule has 0 heterocycles. The van der Waals surface area contributed by atoms with Gasteiger partial charge in [-0.1, -0.05) is 86.6 Å². The summed E-state index contributed by atoms with van der Waals surface area (Å²) in [5, 5.41) is 3.34. The lowest BCUT2D eigenvalue weighted by molar-refractivity contribution is -0.123. The van der Waals surface area contributed by atoms with Crippen LogP contribution in [-0.2, 0) is 4.79 Å². The van der Waals surface area contributed by atoms with Gasteiger partial charge in [-0.15, -0.1) is 6.58 Å². The molecule has 0 aromatic carbocycles. The molecular weight excluding hydrogens is 350 g/mol. The Kier molecular flexibility index (Phi) is 19.4. The monoisotopic (exact) mass is 391 g/mol. The highest BCUT2D eigenvalue weighted by Crippen LogP contribution is 2.17. The number of nitrogens with one attached hydrogen (secondary N) is 1. The number of allylic oxidation sites excluding steroid dienone is 9. The lowest BCUT2D eigenvalue weighted by Gasteiger charge is -2.15. The van der Waals surface area contributed by atoms with Crippen LogP contribution in [0.3, 0.4) is 0 Å². The molecule has 2 nitrogen and oxygen atoms in total. The van der Waals surface area contributed by atoms with Gasteiger partial charge in [-0.25, -0.2) is 0 Å². The molecule has 1 aliphatic carbocycles. The van der Waals surface area contributed by atoms with Crippen molar-refractivity contribution >= 4 is 17.7 Å². The quantitative estimate of drug-likeness (QED) is 0.478. The molecule has 0 saturated carbocycles. The summed E-state index contributed by atoms with van der Waals surface area (Å²) >= 11 is 1.77. The summed E-state index contributed by atoms with van der Waals surface area (Å²) in [6, 6.07) is 0. The fraction of sp³-hybridized carbons (Fsp3) is 0.458. The zero-order valence-electron chi connectivity index (χ0n) is 18.3. The van der Waals surface area contributed by atoms with Crippen molar-refractivity contribution in [3.63, 3.8) is 0 Å². The molecule has 1 rings (SSSR count). The Morgan fingerprint density at radius 2 is 1.74 bits per heavy atom. The van der Waals surface area contributed by atoms with Gasteiger partial charge in [0.25, 0.3) is 0 Å². The maximum atomic E-state index is 11.7. The van der Waals surface area contributed by atoms with Crippen molar-refractivity contribution in [2.24, 2.45) is 5.92 Å². The summed E-state index contributed by atoms with van der Waals surface area (Å²) in [5.41, 5.74) is 2.59. The molecular formula is C24H41NOS. The summed E-state index contributed by atoms with van der Waals surface area (Å²) < 4.78 is 0. The van der Waals surface area contributed by atoms with Crippen molar-refractivity contribution in [3.8, 4) is 0 Å². The van der Waals surface area contributed by atoms with Crippen LogP contribution in [0.25, 0.3) is 0 Å². The molecule has 1 N–H and O–H groups in total. The molecule has 0 fully saturated rings. The van der Waals surface area contributed by atoms with Gasteiger partial charge in [0.2, 0.25) is 5.91 Å². The number of hydrogen-bond donors (Lipinski definition) is 1. The second kappa shape index (κ2) is 19.0. The van der Waals surface area contributed by atoms with Crippen molar-refractivity contribution in [3.05, 3.63) is 72.4 Å². The second-order valence-corrected chi connectivity index (χ2v) is 7.25. The second-order valence-electron chi connectivity index (χ2n) is 5.98. The van der Waals surface area contributed by atoms with Gasteiger partial charge in [0, 0.05) is 13.2 Å². The molecule has 2 unspecified atom stereocenters. The minimum atomic E-state index is -0.0716. The Balaban J connectivity index is -0.000000418. The Bertz CT molecular complexity index is 533. The van der Waals surface area contributed by atoms with Crippen molar-refractivity contribution in [2.75, 3.05) is 12.8 Å². The predicted octanol–water partition coefficient (Wildman–Crippen LogP) is 6.90. The van der Waals surface area contributed by atoms with Gasteiger partial charge in [0.15, 0.2) is 0 Å². The highest BCUT2D eigenvalue weighted by atomic mass is 32.2. The summed E-state index contributed by atoms with van der Waals surface area (Å²) in [6.07, 6.45) is 21.0. The van der Waals surface area contributed by atoms with Crippen molar-refractivity contribution in [2.45, 2.75) is 53.2 Å². The van der Waals surface area contributed by atoms with Crippen LogP contribution >= 0.6 is 11.8 Å². The first-order valence-corrected chi connectivity index (χ1v) is 11.0. The molecule has 27 heavy (non-hydrogen) atoms.